The molecule has 0 aliphatic heterocycles. The Kier molecular flexibility index (Phi) is 3.98. The van der Waals surface area contributed by atoms with Gasteiger partial charge < -0.3 is 4.12 Å². The molecule has 0 aliphatic carbocycles. The molecule has 0 fully saturated rings. The van der Waals surface area contributed by atoms with Gasteiger partial charge in [0.15, 0.2) is 0 Å². The third-order valence-corrected chi connectivity index (χ3v) is 10.7. The van der Waals surface area contributed by atoms with Crippen molar-refractivity contribution in [3.63, 3.8) is 0 Å². The van der Waals surface area contributed by atoms with Crippen LogP contribution in [-0.4, -0.2) is 26.6 Å². The Morgan fingerprint density at radius 2 is 1.21 bits per heavy atom. The van der Waals surface area contributed by atoms with Crippen LogP contribution in [0, 0.1) is 0 Å². The van der Waals surface area contributed by atoms with Gasteiger partial charge in [-0.15, -0.1) is 0 Å². The van der Waals surface area contributed by atoms with Crippen molar-refractivity contribution in [2.75, 3.05) is 0 Å². The summed E-state index contributed by atoms with van der Waals surface area (Å²) in [6, 6.07) is 8.19. The van der Waals surface area contributed by atoms with E-state index < -0.39 is 16.6 Å². The van der Waals surface area contributed by atoms with E-state index in [1.165, 1.54) is 10.4 Å². The molecule has 0 unspecified atom stereocenters. The van der Waals surface area contributed by atoms with Gasteiger partial charge in [0.1, 0.15) is 0 Å². The van der Waals surface area contributed by atoms with Crippen LogP contribution in [-0.2, 0) is 4.12 Å². The summed E-state index contributed by atoms with van der Waals surface area (Å²) in [4.78, 5) is 8.42. The lowest BCUT2D eigenvalue weighted by Crippen LogP contribution is -2.57. The molecular weight excluding hydrogens is 268 g/mol. The smallest absolute Gasteiger partial charge is 0.207 e. The van der Waals surface area contributed by atoms with Gasteiger partial charge in [-0.2, -0.15) is 0 Å². The number of nitrogens with zero attached hydrogens (tertiary/aromatic N) is 2. The third kappa shape index (κ3) is 3.37. The molecule has 19 heavy (non-hydrogen) atoms. The van der Waals surface area contributed by atoms with Gasteiger partial charge in [-0.25, -0.2) is 0 Å². The van der Waals surface area contributed by atoms with Crippen LogP contribution < -0.4 is 10.4 Å². The van der Waals surface area contributed by atoms with Crippen LogP contribution in [0.3, 0.4) is 0 Å². The van der Waals surface area contributed by atoms with Crippen molar-refractivity contribution in [2.24, 2.45) is 0 Å². The molecule has 5 heteroatoms. The van der Waals surface area contributed by atoms with Crippen molar-refractivity contribution < 1.29 is 4.12 Å². The average molecular weight is 288 g/mol. The first kappa shape index (κ1) is 14.1. The van der Waals surface area contributed by atoms with Crippen LogP contribution in [0.25, 0.3) is 0 Å². The van der Waals surface area contributed by atoms with Crippen molar-refractivity contribution >= 4 is 27.0 Å². The van der Waals surface area contributed by atoms with E-state index in [1.54, 1.807) is 12.4 Å². The highest BCUT2D eigenvalue weighted by molar-refractivity contribution is 6.96. The standard InChI is InChI=1S/C14H20N2OSi2/c1-18(2,13-7-5-9-15-11-13)17-19(3,4)14-8-6-10-16-12-14/h5-12H,1-4H3. The van der Waals surface area contributed by atoms with Gasteiger partial charge in [0, 0.05) is 24.8 Å². The molecule has 3 nitrogen and oxygen atoms in total. The Labute approximate surface area is 117 Å². The zero-order valence-electron chi connectivity index (χ0n) is 11.9. The normalized spacial score (nSPS) is 12.4. The molecule has 2 aromatic rings. The number of hydrogen-bond donors (Lipinski definition) is 0. The zero-order chi connectivity index (χ0) is 13.9. The summed E-state index contributed by atoms with van der Waals surface area (Å²) in [6.07, 6.45) is 7.47. The first-order chi connectivity index (χ1) is 8.92. The van der Waals surface area contributed by atoms with E-state index in [9.17, 15) is 0 Å². The molecular formula is C14H20N2OSi2. The van der Waals surface area contributed by atoms with Gasteiger partial charge in [0.25, 0.3) is 0 Å². The maximum atomic E-state index is 6.60. The lowest BCUT2D eigenvalue weighted by molar-refractivity contribution is 0.573. The predicted octanol–water partition coefficient (Wildman–Crippen LogP) is 2.02. The average Bonchev–Trinajstić information content (AvgIpc) is 2.40. The van der Waals surface area contributed by atoms with E-state index in [1.807, 2.05) is 24.5 Å². The number of pyridine rings is 2. The summed E-state index contributed by atoms with van der Waals surface area (Å²) >= 11 is 0. The molecule has 2 rings (SSSR count). The second-order valence-corrected chi connectivity index (χ2v) is 13.6. The molecule has 0 atom stereocenters. The Bertz CT molecular complexity index is 480. The Balaban J connectivity index is 2.25. The van der Waals surface area contributed by atoms with Crippen molar-refractivity contribution in [3.8, 4) is 0 Å². The first-order valence-electron chi connectivity index (χ1n) is 6.43. The molecule has 0 radical (unpaired) electrons. The first-order valence-corrected chi connectivity index (χ1v) is 12.2. The molecule has 0 amide bonds. The Morgan fingerprint density at radius 3 is 1.53 bits per heavy atom. The summed E-state index contributed by atoms with van der Waals surface area (Å²) in [5.41, 5.74) is 0. The van der Waals surface area contributed by atoms with Gasteiger partial charge in [-0.05, 0) is 48.7 Å². The summed E-state index contributed by atoms with van der Waals surface area (Å²) in [6.45, 7) is 8.93. The van der Waals surface area contributed by atoms with E-state index in [-0.39, 0.29) is 0 Å². The number of hydrogen-bond acceptors (Lipinski definition) is 3. The van der Waals surface area contributed by atoms with E-state index in [0.717, 1.165) is 0 Å². The van der Waals surface area contributed by atoms with Gasteiger partial charge in [0.05, 0.1) is 0 Å². The second-order valence-electron chi connectivity index (χ2n) is 5.61. The monoisotopic (exact) mass is 288 g/mol. The van der Waals surface area contributed by atoms with Gasteiger partial charge >= 0.3 is 0 Å². The zero-order valence-corrected chi connectivity index (χ0v) is 13.9. The van der Waals surface area contributed by atoms with Crippen molar-refractivity contribution in [1.82, 2.24) is 9.97 Å². The summed E-state index contributed by atoms with van der Waals surface area (Å²) in [5.74, 6) is 0. The van der Waals surface area contributed by atoms with Gasteiger partial charge in [0.2, 0.25) is 16.6 Å². The van der Waals surface area contributed by atoms with E-state index in [2.05, 4.69) is 48.3 Å². The van der Waals surface area contributed by atoms with Crippen LogP contribution in [0.4, 0.5) is 0 Å². The third-order valence-electron chi connectivity index (χ3n) is 3.22. The molecule has 0 aromatic carbocycles. The lowest BCUT2D eigenvalue weighted by atomic mass is 10.5. The van der Waals surface area contributed by atoms with E-state index in [4.69, 9.17) is 4.12 Å². The minimum Gasteiger partial charge on any atom is -0.449 e. The molecule has 2 aromatic heterocycles. The van der Waals surface area contributed by atoms with Gasteiger partial charge in [-0.3, -0.25) is 9.97 Å². The van der Waals surface area contributed by atoms with Crippen LogP contribution >= 0.6 is 0 Å². The maximum Gasteiger partial charge on any atom is 0.207 e. The van der Waals surface area contributed by atoms with E-state index in [0.29, 0.717) is 0 Å². The van der Waals surface area contributed by atoms with Crippen molar-refractivity contribution in [2.45, 2.75) is 26.2 Å². The van der Waals surface area contributed by atoms with Gasteiger partial charge in [-0.1, -0.05) is 12.1 Å². The fraction of sp³-hybridized carbons (Fsp3) is 0.286. The van der Waals surface area contributed by atoms with Crippen molar-refractivity contribution in [1.29, 1.82) is 0 Å². The fourth-order valence-corrected chi connectivity index (χ4v) is 10.0. The van der Waals surface area contributed by atoms with Crippen LogP contribution in [0.15, 0.2) is 49.1 Å². The van der Waals surface area contributed by atoms with Crippen LogP contribution in [0.1, 0.15) is 0 Å². The summed E-state index contributed by atoms with van der Waals surface area (Å²) < 4.78 is 6.60. The van der Waals surface area contributed by atoms with Crippen LogP contribution in [0.2, 0.25) is 26.2 Å². The molecule has 0 spiro atoms. The summed E-state index contributed by atoms with van der Waals surface area (Å²) in [7, 11) is -3.85. The molecule has 0 saturated heterocycles. The highest BCUT2D eigenvalue weighted by Gasteiger charge is 2.36. The largest absolute Gasteiger partial charge is 0.449 e. The molecule has 2 heterocycles. The minimum absolute atomic E-state index is 1.24. The van der Waals surface area contributed by atoms with Crippen LogP contribution in [0.5, 0.6) is 0 Å². The topological polar surface area (TPSA) is 35.0 Å². The van der Waals surface area contributed by atoms with E-state index >= 15 is 0 Å². The second kappa shape index (κ2) is 5.36. The Morgan fingerprint density at radius 1 is 0.789 bits per heavy atom. The molecule has 0 aliphatic rings. The quantitative estimate of drug-likeness (QED) is 0.807. The fourth-order valence-electron chi connectivity index (χ4n) is 2.19. The molecule has 0 saturated carbocycles. The minimum atomic E-state index is -1.93. The predicted molar refractivity (Wildman–Crippen MR) is 83.8 cm³/mol. The Hall–Kier alpha value is -1.31. The summed E-state index contributed by atoms with van der Waals surface area (Å²) in [5, 5.41) is 2.47. The highest BCUT2D eigenvalue weighted by Crippen LogP contribution is 2.14. The lowest BCUT2D eigenvalue weighted by Gasteiger charge is -2.34. The number of rotatable bonds is 4. The van der Waals surface area contributed by atoms with Crippen molar-refractivity contribution in [3.05, 3.63) is 49.1 Å². The SMILES string of the molecule is C[Si](C)(O[Si](C)(C)c1cccnc1)c1cccnc1. The number of aromatic nitrogens is 2. The maximum absolute atomic E-state index is 6.60. The highest BCUT2D eigenvalue weighted by atomic mass is 28.4. The molecule has 100 valence electrons. The molecule has 0 bridgehead atoms. The molecule has 0 N–H and O–H groups in total.